The van der Waals surface area contributed by atoms with E-state index in [2.05, 4.69) is 6.92 Å². The molecule has 0 heterocycles. The molecule has 1 aromatic rings. The fraction of sp³-hybridized carbons (Fsp3) is 0.571. The summed E-state index contributed by atoms with van der Waals surface area (Å²) in [6, 6.07) is 5.59. The smallest absolute Gasteiger partial charge is 0.0634 e. The van der Waals surface area contributed by atoms with Gasteiger partial charge >= 0.3 is 0 Å². The summed E-state index contributed by atoms with van der Waals surface area (Å²) in [5.41, 5.74) is 1.13. The maximum Gasteiger partial charge on any atom is 0.0634 e. The van der Waals surface area contributed by atoms with Gasteiger partial charge in [0.1, 0.15) is 0 Å². The Morgan fingerprint density at radius 3 is 2.47 bits per heavy atom. The first-order valence-corrected chi connectivity index (χ1v) is 6.89. The van der Waals surface area contributed by atoms with E-state index in [0.717, 1.165) is 18.4 Å². The molecule has 1 N–H and O–H groups in total. The average molecular weight is 273 g/mol. The maximum absolute atomic E-state index is 10.3. The van der Waals surface area contributed by atoms with Gasteiger partial charge in [0.15, 0.2) is 0 Å². The Kier molecular flexibility index (Phi) is 4.02. The van der Waals surface area contributed by atoms with Gasteiger partial charge in [-0.3, -0.25) is 0 Å². The molecule has 1 fully saturated rings. The monoisotopic (exact) mass is 272 g/mol. The van der Waals surface area contributed by atoms with Crippen LogP contribution in [0.4, 0.5) is 0 Å². The van der Waals surface area contributed by atoms with E-state index in [4.69, 9.17) is 23.2 Å². The van der Waals surface area contributed by atoms with Crippen molar-refractivity contribution in [3.63, 3.8) is 0 Å². The predicted octanol–water partition coefficient (Wildman–Crippen LogP) is 4.48. The summed E-state index contributed by atoms with van der Waals surface area (Å²) in [7, 11) is 0. The molecule has 1 aromatic carbocycles. The third kappa shape index (κ3) is 2.96. The van der Waals surface area contributed by atoms with Gasteiger partial charge in [-0.25, -0.2) is 0 Å². The van der Waals surface area contributed by atoms with Gasteiger partial charge in [-0.15, -0.1) is 0 Å². The van der Waals surface area contributed by atoms with E-state index in [1.165, 1.54) is 12.8 Å². The van der Waals surface area contributed by atoms with E-state index >= 15 is 0 Å². The van der Waals surface area contributed by atoms with Gasteiger partial charge in [0, 0.05) is 0 Å². The van der Waals surface area contributed by atoms with Crippen molar-refractivity contribution in [2.75, 3.05) is 0 Å². The number of hydrogen-bond donors (Lipinski definition) is 1. The van der Waals surface area contributed by atoms with E-state index in [9.17, 15) is 5.11 Å². The van der Waals surface area contributed by atoms with Crippen molar-refractivity contribution in [3.8, 4) is 0 Å². The van der Waals surface area contributed by atoms with Crippen molar-refractivity contribution >= 4 is 23.2 Å². The molecule has 1 unspecified atom stereocenters. The molecule has 1 aliphatic carbocycles. The molecule has 0 spiro atoms. The van der Waals surface area contributed by atoms with Crippen LogP contribution in [-0.4, -0.2) is 11.2 Å². The number of aliphatic hydroxyl groups is 1. The van der Waals surface area contributed by atoms with Crippen LogP contribution in [0.5, 0.6) is 0 Å². The van der Waals surface area contributed by atoms with Gasteiger partial charge in [0.2, 0.25) is 0 Å². The van der Waals surface area contributed by atoms with E-state index in [1.54, 1.807) is 6.07 Å². The predicted molar refractivity (Wildman–Crippen MR) is 72.7 cm³/mol. The van der Waals surface area contributed by atoms with Gasteiger partial charge in [-0.1, -0.05) is 49.0 Å². The van der Waals surface area contributed by atoms with Crippen molar-refractivity contribution < 1.29 is 5.11 Å². The molecule has 1 atom stereocenters. The lowest BCUT2D eigenvalue weighted by molar-refractivity contribution is 0.0424. The van der Waals surface area contributed by atoms with E-state index < -0.39 is 0 Å². The summed E-state index contributed by atoms with van der Waals surface area (Å²) in [5.74, 6) is 0. The Balaban J connectivity index is 2.07. The van der Waals surface area contributed by atoms with Crippen LogP contribution in [0.1, 0.15) is 38.2 Å². The molecule has 0 aromatic heterocycles. The second-order valence-corrected chi connectivity index (χ2v) is 6.14. The highest BCUT2D eigenvalue weighted by Crippen LogP contribution is 2.41. The van der Waals surface area contributed by atoms with Crippen molar-refractivity contribution in [3.05, 3.63) is 33.8 Å². The van der Waals surface area contributed by atoms with Gasteiger partial charge in [0.05, 0.1) is 16.1 Å². The minimum absolute atomic E-state index is 0.0755. The Bertz CT molecular complexity index is 397. The molecule has 0 bridgehead atoms. The minimum atomic E-state index is -0.290. The van der Waals surface area contributed by atoms with Gasteiger partial charge < -0.3 is 5.11 Å². The molecule has 0 saturated heterocycles. The number of rotatable bonds is 3. The molecule has 1 aliphatic rings. The van der Waals surface area contributed by atoms with Crippen LogP contribution in [0, 0.1) is 5.41 Å². The molecule has 0 amide bonds. The SMILES string of the molecule is CC1(C(O)Cc2ccc(Cl)c(Cl)c2)CCCC1. The fourth-order valence-corrected chi connectivity index (χ4v) is 2.97. The number of benzene rings is 1. The highest BCUT2D eigenvalue weighted by molar-refractivity contribution is 6.42. The first-order valence-electron chi connectivity index (χ1n) is 6.13. The fourth-order valence-electron chi connectivity index (χ4n) is 2.65. The summed E-state index contributed by atoms with van der Waals surface area (Å²) in [6.45, 7) is 2.18. The molecular weight excluding hydrogens is 255 g/mol. The molecule has 17 heavy (non-hydrogen) atoms. The quantitative estimate of drug-likeness (QED) is 0.861. The van der Waals surface area contributed by atoms with E-state index in [1.807, 2.05) is 12.1 Å². The number of hydrogen-bond acceptors (Lipinski definition) is 1. The van der Waals surface area contributed by atoms with E-state index in [0.29, 0.717) is 16.5 Å². The Hall–Kier alpha value is -0.240. The van der Waals surface area contributed by atoms with Crippen molar-refractivity contribution in [1.82, 2.24) is 0 Å². The molecule has 1 nitrogen and oxygen atoms in total. The normalized spacial score (nSPS) is 20.5. The molecule has 1 saturated carbocycles. The summed E-state index contributed by atoms with van der Waals surface area (Å²) in [4.78, 5) is 0. The lowest BCUT2D eigenvalue weighted by Gasteiger charge is -2.30. The second kappa shape index (κ2) is 5.17. The van der Waals surface area contributed by atoms with Gasteiger partial charge in [-0.05, 0) is 42.4 Å². The number of aliphatic hydroxyl groups excluding tert-OH is 1. The molecular formula is C14H18Cl2O. The summed E-state index contributed by atoms with van der Waals surface area (Å²) < 4.78 is 0. The van der Waals surface area contributed by atoms with Crippen molar-refractivity contribution in [1.29, 1.82) is 0 Å². The third-order valence-corrected chi connectivity index (χ3v) is 4.70. The first kappa shape index (κ1) is 13.2. The zero-order chi connectivity index (χ0) is 12.5. The van der Waals surface area contributed by atoms with Crippen LogP contribution in [0.25, 0.3) is 0 Å². The first-order chi connectivity index (χ1) is 8.01. The largest absolute Gasteiger partial charge is 0.392 e. The van der Waals surface area contributed by atoms with Crippen LogP contribution in [-0.2, 0) is 6.42 Å². The summed E-state index contributed by atoms with van der Waals surface area (Å²) in [5, 5.41) is 11.5. The Morgan fingerprint density at radius 1 is 1.24 bits per heavy atom. The topological polar surface area (TPSA) is 20.2 Å². The highest BCUT2D eigenvalue weighted by atomic mass is 35.5. The molecule has 94 valence electrons. The van der Waals surface area contributed by atoms with Crippen LogP contribution >= 0.6 is 23.2 Å². The van der Waals surface area contributed by atoms with Crippen molar-refractivity contribution in [2.24, 2.45) is 5.41 Å². The average Bonchev–Trinajstić information content (AvgIpc) is 2.72. The second-order valence-electron chi connectivity index (χ2n) is 5.33. The zero-order valence-corrected chi connectivity index (χ0v) is 11.6. The molecule has 3 heteroatoms. The standard InChI is InChI=1S/C14H18Cl2O/c1-14(6-2-3-7-14)13(17)9-10-4-5-11(15)12(16)8-10/h4-5,8,13,17H,2-3,6-7,9H2,1H3. The summed E-state index contributed by atoms with van der Waals surface area (Å²) >= 11 is 11.9. The lowest BCUT2D eigenvalue weighted by atomic mass is 9.80. The van der Waals surface area contributed by atoms with Crippen LogP contribution < -0.4 is 0 Å². The lowest BCUT2D eigenvalue weighted by Crippen LogP contribution is -2.31. The summed E-state index contributed by atoms with van der Waals surface area (Å²) in [6.07, 6.45) is 5.07. The van der Waals surface area contributed by atoms with Crippen LogP contribution in [0.2, 0.25) is 10.0 Å². The molecule has 0 aliphatic heterocycles. The Morgan fingerprint density at radius 2 is 1.88 bits per heavy atom. The zero-order valence-electron chi connectivity index (χ0n) is 10.0. The van der Waals surface area contributed by atoms with Crippen molar-refractivity contribution in [2.45, 2.75) is 45.1 Å². The Labute approximate surface area is 113 Å². The van der Waals surface area contributed by atoms with Gasteiger partial charge in [0.25, 0.3) is 0 Å². The van der Waals surface area contributed by atoms with Gasteiger partial charge in [-0.2, -0.15) is 0 Å². The highest BCUT2D eigenvalue weighted by Gasteiger charge is 2.35. The maximum atomic E-state index is 10.3. The molecule has 2 rings (SSSR count). The van der Waals surface area contributed by atoms with Crippen LogP contribution in [0.3, 0.4) is 0 Å². The van der Waals surface area contributed by atoms with Crippen LogP contribution in [0.15, 0.2) is 18.2 Å². The number of halogens is 2. The van der Waals surface area contributed by atoms with E-state index in [-0.39, 0.29) is 11.5 Å². The molecule has 0 radical (unpaired) electrons. The minimum Gasteiger partial charge on any atom is -0.392 e. The third-order valence-electron chi connectivity index (χ3n) is 3.96.